The van der Waals surface area contributed by atoms with Gasteiger partial charge < -0.3 is 10.6 Å². The van der Waals surface area contributed by atoms with Crippen LogP contribution in [0.2, 0.25) is 0 Å². The zero-order valence-corrected chi connectivity index (χ0v) is 13.8. The highest BCUT2D eigenvalue weighted by molar-refractivity contribution is 7.18. The molecule has 3 aromatic rings. The Morgan fingerprint density at radius 2 is 1.96 bits per heavy atom. The van der Waals surface area contributed by atoms with Crippen molar-refractivity contribution in [1.29, 1.82) is 0 Å². The zero-order valence-electron chi connectivity index (χ0n) is 13.0. The highest BCUT2D eigenvalue weighted by Gasteiger charge is 2.10. The number of para-hydroxylation sites is 1. The van der Waals surface area contributed by atoms with Crippen LogP contribution in [0.15, 0.2) is 54.9 Å². The van der Waals surface area contributed by atoms with E-state index < -0.39 is 0 Å². The molecule has 24 heavy (non-hydrogen) atoms. The molecule has 122 valence electrons. The lowest BCUT2D eigenvalue weighted by Crippen LogP contribution is -2.21. The topological polar surface area (TPSA) is 76.0 Å². The number of hydrogen-bond donors (Lipinski definition) is 2. The number of nitrogens with zero attached hydrogens (tertiary/aromatic N) is 2. The van der Waals surface area contributed by atoms with Crippen LogP contribution in [0, 0.1) is 0 Å². The molecule has 3 rings (SSSR count). The number of aromatic nitrogens is 2. The van der Waals surface area contributed by atoms with Crippen molar-refractivity contribution in [3.05, 3.63) is 65.3 Å². The molecule has 0 aliphatic carbocycles. The van der Waals surface area contributed by atoms with Crippen LogP contribution in [-0.4, -0.2) is 21.6 Å². The van der Waals surface area contributed by atoms with Gasteiger partial charge in [0.1, 0.15) is 0 Å². The molecule has 0 bridgehead atoms. The molecule has 0 aliphatic rings. The maximum Gasteiger partial charge on any atom is 0.261 e. The van der Waals surface area contributed by atoms with Crippen LogP contribution in [0.5, 0.6) is 0 Å². The second-order valence-corrected chi connectivity index (χ2v) is 6.24. The summed E-state index contributed by atoms with van der Waals surface area (Å²) in [4.78, 5) is 23.7. The van der Waals surface area contributed by atoms with Gasteiger partial charge in [-0.3, -0.25) is 9.59 Å². The van der Waals surface area contributed by atoms with Crippen molar-refractivity contribution in [3.8, 4) is 5.69 Å². The molecule has 0 spiro atoms. The molecule has 2 aromatic heterocycles. The van der Waals surface area contributed by atoms with E-state index in [0.717, 1.165) is 11.3 Å². The largest absolute Gasteiger partial charge is 0.347 e. The Kier molecular flexibility index (Phi) is 4.72. The maximum absolute atomic E-state index is 12.2. The van der Waals surface area contributed by atoms with E-state index >= 15 is 0 Å². The molecule has 2 amide bonds. The normalized spacial score (nSPS) is 10.4. The van der Waals surface area contributed by atoms with Gasteiger partial charge in [-0.25, -0.2) is 4.68 Å². The van der Waals surface area contributed by atoms with E-state index in [0.29, 0.717) is 16.4 Å². The van der Waals surface area contributed by atoms with Crippen molar-refractivity contribution in [1.82, 2.24) is 15.1 Å². The summed E-state index contributed by atoms with van der Waals surface area (Å²) in [5.41, 5.74) is 1.87. The predicted octanol–water partition coefficient (Wildman–Crippen LogP) is 2.82. The van der Waals surface area contributed by atoms with Gasteiger partial charge in [0.05, 0.1) is 21.8 Å². The Bertz CT molecular complexity index is 854. The predicted molar refractivity (Wildman–Crippen MR) is 93.4 cm³/mol. The lowest BCUT2D eigenvalue weighted by atomic mass is 10.3. The van der Waals surface area contributed by atoms with E-state index in [2.05, 4.69) is 15.7 Å². The zero-order chi connectivity index (χ0) is 16.9. The first-order valence-corrected chi connectivity index (χ1v) is 8.18. The fraction of sp³-hybridized carbons (Fsp3) is 0.118. The Labute approximate surface area is 143 Å². The molecule has 0 radical (unpaired) electrons. The summed E-state index contributed by atoms with van der Waals surface area (Å²) in [5, 5.41) is 10.5. The molecular weight excluding hydrogens is 324 g/mol. The molecule has 2 N–H and O–H groups in total. The third-order valence-electron chi connectivity index (χ3n) is 3.24. The minimum atomic E-state index is -0.177. The number of hydrogen-bond acceptors (Lipinski definition) is 4. The van der Waals surface area contributed by atoms with Gasteiger partial charge in [0.15, 0.2) is 0 Å². The fourth-order valence-electron chi connectivity index (χ4n) is 2.14. The van der Waals surface area contributed by atoms with Crippen molar-refractivity contribution in [2.75, 3.05) is 5.32 Å². The van der Waals surface area contributed by atoms with Gasteiger partial charge in [-0.05, 0) is 24.3 Å². The number of thiophene rings is 1. The van der Waals surface area contributed by atoms with Crippen LogP contribution < -0.4 is 10.6 Å². The average Bonchev–Trinajstić information content (AvgIpc) is 3.22. The SMILES string of the molecule is CC(=O)Nc1ccc(C(=O)NCc2cnn(-c3ccccc3)c2)s1. The van der Waals surface area contributed by atoms with E-state index in [-0.39, 0.29) is 11.8 Å². The molecule has 0 saturated heterocycles. The summed E-state index contributed by atoms with van der Waals surface area (Å²) < 4.78 is 1.77. The maximum atomic E-state index is 12.2. The Morgan fingerprint density at radius 1 is 1.17 bits per heavy atom. The highest BCUT2D eigenvalue weighted by Crippen LogP contribution is 2.21. The van der Waals surface area contributed by atoms with Crippen molar-refractivity contribution in [2.45, 2.75) is 13.5 Å². The van der Waals surface area contributed by atoms with Crippen molar-refractivity contribution < 1.29 is 9.59 Å². The lowest BCUT2D eigenvalue weighted by Gasteiger charge is -2.01. The number of carbonyl (C=O) groups excluding carboxylic acids is 2. The van der Waals surface area contributed by atoms with E-state index in [9.17, 15) is 9.59 Å². The molecule has 0 unspecified atom stereocenters. The summed E-state index contributed by atoms with van der Waals surface area (Å²) >= 11 is 1.24. The Balaban J connectivity index is 1.59. The molecule has 0 atom stereocenters. The molecule has 0 aliphatic heterocycles. The fourth-order valence-corrected chi connectivity index (χ4v) is 3.01. The van der Waals surface area contributed by atoms with E-state index in [1.54, 1.807) is 23.0 Å². The third-order valence-corrected chi connectivity index (χ3v) is 4.24. The van der Waals surface area contributed by atoms with Crippen molar-refractivity contribution >= 4 is 28.2 Å². The van der Waals surface area contributed by atoms with Crippen LogP contribution in [0.4, 0.5) is 5.00 Å². The van der Waals surface area contributed by atoms with Crippen molar-refractivity contribution in [2.24, 2.45) is 0 Å². The number of rotatable bonds is 5. The number of carbonyl (C=O) groups is 2. The third kappa shape index (κ3) is 3.88. The van der Waals surface area contributed by atoms with Gasteiger partial charge in [0.25, 0.3) is 5.91 Å². The van der Waals surface area contributed by atoms with Crippen LogP contribution in [0.3, 0.4) is 0 Å². The van der Waals surface area contributed by atoms with Gasteiger partial charge in [-0.2, -0.15) is 5.10 Å². The second-order valence-electron chi connectivity index (χ2n) is 5.16. The van der Waals surface area contributed by atoms with Gasteiger partial charge in [0.2, 0.25) is 5.91 Å². The quantitative estimate of drug-likeness (QED) is 0.750. The summed E-state index contributed by atoms with van der Waals surface area (Å²) in [6, 6.07) is 13.2. The van der Waals surface area contributed by atoms with Crippen LogP contribution in [0.25, 0.3) is 5.69 Å². The Morgan fingerprint density at radius 3 is 2.71 bits per heavy atom. The minimum absolute atomic E-state index is 0.155. The molecule has 2 heterocycles. The number of benzene rings is 1. The molecule has 6 nitrogen and oxygen atoms in total. The highest BCUT2D eigenvalue weighted by atomic mass is 32.1. The lowest BCUT2D eigenvalue weighted by molar-refractivity contribution is -0.114. The molecule has 7 heteroatoms. The molecule has 0 saturated carbocycles. The Hall–Kier alpha value is -2.93. The second kappa shape index (κ2) is 7.10. The summed E-state index contributed by atoms with van der Waals surface area (Å²) in [7, 11) is 0. The first-order valence-electron chi connectivity index (χ1n) is 7.36. The standard InChI is InChI=1S/C17H16N4O2S/c1-12(22)20-16-8-7-15(24-16)17(23)18-9-13-10-19-21(11-13)14-5-3-2-4-6-14/h2-8,10-11H,9H2,1H3,(H,18,23)(H,20,22). The number of anilines is 1. The molecular formula is C17H16N4O2S. The van der Waals surface area contributed by atoms with Crippen LogP contribution in [-0.2, 0) is 11.3 Å². The summed E-state index contributed by atoms with van der Waals surface area (Å²) in [6.07, 6.45) is 3.61. The first kappa shape index (κ1) is 15.9. The monoisotopic (exact) mass is 340 g/mol. The van der Waals surface area contributed by atoms with Crippen LogP contribution in [0.1, 0.15) is 22.2 Å². The van der Waals surface area contributed by atoms with Crippen LogP contribution >= 0.6 is 11.3 Å². The van der Waals surface area contributed by atoms with Gasteiger partial charge in [0, 0.05) is 25.2 Å². The summed E-state index contributed by atoms with van der Waals surface area (Å²) in [6.45, 7) is 1.82. The van der Waals surface area contributed by atoms with Gasteiger partial charge >= 0.3 is 0 Å². The average molecular weight is 340 g/mol. The van der Waals surface area contributed by atoms with Gasteiger partial charge in [-0.15, -0.1) is 11.3 Å². The molecule has 1 aromatic carbocycles. The minimum Gasteiger partial charge on any atom is -0.347 e. The van der Waals surface area contributed by atoms with E-state index in [1.807, 2.05) is 36.5 Å². The smallest absolute Gasteiger partial charge is 0.261 e. The first-order chi connectivity index (χ1) is 11.6. The number of amides is 2. The van der Waals surface area contributed by atoms with E-state index in [1.165, 1.54) is 18.3 Å². The summed E-state index contributed by atoms with van der Waals surface area (Å²) in [5.74, 6) is -0.332. The number of nitrogens with one attached hydrogen (secondary N) is 2. The van der Waals surface area contributed by atoms with Crippen molar-refractivity contribution in [3.63, 3.8) is 0 Å². The molecule has 0 fully saturated rings. The van der Waals surface area contributed by atoms with Gasteiger partial charge in [-0.1, -0.05) is 18.2 Å². The van der Waals surface area contributed by atoms with E-state index in [4.69, 9.17) is 0 Å².